The molecule has 4 unspecified atom stereocenters. The second-order valence-corrected chi connectivity index (χ2v) is 11.6. The summed E-state index contributed by atoms with van der Waals surface area (Å²) in [5, 5.41) is 10.2. The minimum atomic E-state index is -5.62. The molecule has 0 bridgehead atoms. The van der Waals surface area contributed by atoms with E-state index in [4.69, 9.17) is 31.6 Å². The van der Waals surface area contributed by atoms with E-state index in [0.29, 0.717) is 10.2 Å². The largest absolute Gasteiger partial charge is 0.490 e. The SMILES string of the molecule is O=P(O)(O)OP(=O)(O)OP(=O)(O)OCC1OC(n2ccc3ncsc3c2=S)C[C@H]1O. The summed E-state index contributed by atoms with van der Waals surface area (Å²) in [5.41, 5.74) is 2.32. The third kappa shape index (κ3) is 6.09. The number of aliphatic hydroxyl groups is 1. The second kappa shape index (κ2) is 8.85. The Morgan fingerprint density at radius 3 is 2.60 bits per heavy atom. The topological polar surface area (TPSA) is 207 Å². The lowest BCUT2D eigenvalue weighted by atomic mass is 10.2. The van der Waals surface area contributed by atoms with Gasteiger partial charge in [0.2, 0.25) is 0 Å². The van der Waals surface area contributed by atoms with Gasteiger partial charge in [0, 0.05) is 12.6 Å². The van der Waals surface area contributed by atoms with E-state index in [-0.39, 0.29) is 6.42 Å². The van der Waals surface area contributed by atoms with Gasteiger partial charge in [0.1, 0.15) is 17.0 Å². The summed E-state index contributed by atoms with van der Waals surface area (Å²) in [4.78, 5) is 39.8. The van der Waals surface area contributed by atoms with Gasteiger partial charge in [-0.1, -0.05) is 12.2 Å². The molecule has 0 radical (unpaired) electrons. The van der Waals surface area contributed by atoms with E-state index >= 15 is 0 Å². The average molecular weight is 524 g/mol. The number of pyridine rings is 1. The van der Waals surface area contributed by atoms with Gasteiger partial charge in [0.15, 0.2) is 0 Å². The highest BCUT2D eigenvalue weighted by Crippen LogP contribution is 2.66. The zero-order valence-electron chi connectivity index (χ0n) is 14.5. The molecule has 0 amide bonds. The standard InChI is InChI=1S/C11H15N2O12P3S2/c14-7-3-9(13-2-1-6-10(11(13)29)30-5-12-6)23-8(7)4-22-27(18,19)25-28(20,21)24-26(15,16)17/h1-2,5,7-9,14H,3-4H2,(H,18,19)(H,20,21)(H2,15,16,17)/t7-,8?,9?/m1/s1. The van der Waals surface area contributed by atoms with Crippen molar-refractivity contribution < 1.29 is 56.3 Å². The van der Waals surface area contributed by atoms with E-state index in [2.05, 4.69) is 18.1 Å². The number of ether oxygens (including phenoxy) is 1. The summed E-state index contributed by atoms with van der Waals surface area (Å²) in [6.07, 6.45) is -1.34. The average Bonchev–Trinajstić information content (AvgIpc) is 3.17. The van der Waals surface area contributed by atoms with Crippen molar-refractivity contribution in [1.82, 2.24) is 9.55 Å². The van der Waals surface area contributed by atoms with Crippen LogP contribution in [0.2, 0.25) is 0 Å². The highest BCUT2D eigenvalue weighted by molar-refractivity contribution is 7.71. The number of aromatic nitrogens is 2. The Kier molecular flexibility index (Phi) is 7.15. The fourth-order valence-electron chi connectivity index (χ4n) is 2.60. The summed E-state index contributed by atoms with van der Waals surface area (Å²) >= 11 is 6.72. The van der Waals surface area contributed by atoms with E-state index in [1.807, 2.05) is 0 Å². The van der Waals surface area contributed by atoms with Gasteiger partial charge in [-0.2, -0.15) is 8.62 Å². The van der Waals surface area contributed by atoms with Crippen molar-refractivity contribution in [3.63, 3.8) is 0 Å². The van der Waals surface area contributed by atoms with Crippen molar-refractivity contribution in [2.75, 3.05) is 6.61 Å². The first-order valence-corrected chi connectivity index (χ1v) is 13.6. The summed E-state index contributed by atoms with van der Waals surface area (Å²) in [7, 11) is -16.4. The summed E-state index contributed by atoms with van der Waals surface area (Å²) in [5.74, 6) is 0. The number of fused-ring (bicyclic) bond motifs is 1. The van der Waals surface area contributed by atoms with Gasteiger partial charge in [0.05, 0.1) is 28.4 Å². The zero-order valence-corrected chi connectivity index (χ0v) is 18.8. The van der Waals surface area contributed by atoms with Crippen LogP contribution in [0.5, 0.6) is 0 Å². The predicted molar refractivity (Wildman–Crippen MR) is 103 cm³/mol. The molecule has 30 heavy (non-hydrogen) atoms. The molecule has 2 aromatic rings. The number of thiazole rings is 1. The molecule has 2 aromatic heterocycles. The van der Waals surface area contributed by atoms with Gasteiger partial charge in [0.25, 0.3) is 0 Å². The van der Waals surface area contributed by atoms with Crippen molar-refractivity contribution in [3.8, 4) is 0 Å². The second-order valence-electron chi connectivity index (χ2n) is 5.91. The lowest BCUT2D eigenvalue weighted by Crippen LogP contribution is -2.26. The fourth-order valence-corrected chi connectivity index (χ4v) is 6.78. The number of phosphoric acid groups is 3. The molecule has 0 saturated carbocycles. The predicted octanol–water partition coefficient (Wildman–Crippen LogP) is 1.82. The molecule has 0 aliphatic carbocycles. The number of rotatable bonds is 8. The van der Waals surface area contributed by atoms with Crippen LogP contribution in [0, 0.1) is 4.64 Å². The molecule has 1 aliphatic heterocycles. The van der Waals surface area contributed by atoms with Gasteiger partial charge < -0.3 is 34.0 Å². The van der Waals surface area contributed by atoms with Crippen LogP contribution in [0.1, 0.15) is 12.6 Å². The van der Waals surface area contributed by atoms with Gasteiger partial charge in [-0.3, -0.25) is 4.52 Å². The molecular formula is C11H15N2O12P3S2. The molecular weight excluding hydrogens is 509 g/mol. The fraction of sp³-hybridized carbons (Fsp3) is 0.455. The van der Waals surface area contributed by atoms with Crippen molar-refractivity contribution in [1.29, 1.82) is 0 Å². The molecule has 1 aliphatic rings. The summed E-state index contributed by atoms with van der Waals surface area (Å²) in [6, 6.07) is 1.71. The lowest BCUT2D eigenvalue weighted by Gasteiger charge is -2.19. The van der Waals surface area contributed by atoms with Gasteiger partial charge in [-0.05, 0) is 6.07 Å². The van der Waals surface area contributed by atoms with Gasteiger partial charge >= 0.3 is 23.5 Å². The number of phosphoric ester groups is 1. The Bertz CT molecular complexity index is 1130. The first kappa shape index (κ1) is 24.2. The quantitative estimate of drug-likeness (QED) is 0.247. The third-order valence-electron chi connectivity index (χ3n) is 3.75. The van der Waals surface area contributed by atoms with E-state index in [0.717, 1.165) is 4.70 Å². The van der Waals surface area contributed by atoms with Crippen LogP contribution in [0.4, 0.5) is 0 Å². The van der Waals surface area contributed by atoms with E-state index in [9.17, 15) is 23.7 Å². The van der Waals surface area contributed by atoms with E-state index in [1.54, 1.807) is 22.3 Å². The normalized spacial score (nSPS) is 26.5. The first-order valence-electron chi connectivity index (χ1n) is 7.82. The summed E-state index contributed by atoms with van der Waals surface area (Å²) in [6.45, 7) is -0.753. The maximum Gasteiger partial charge on any atom is 0.490 e. The van der Waals surface area contributed by atoms with Crippen LogP contribution in [0.15, 0.2) is 17.8 Å². The molecule has 0 aromatic carbocycles. The van der Waals surface area contributed by atoms with Crippen LogP contribution >= 0.6 is 47.0 Å². The first-order chi connectivity index (χ1) is 13.8. The Hall–Kier alpha value is -0.410. The van der Waals surface area contributed by atoms with Crippen LogP contribution in [0.25, 0.3) is 10.2 Å². The number of aliphatic hydroxyl groups excluding tert-OH is 1. The van der Waals surface area contributed by atoms with E-state index in [1.165, 1.54) is 11.3 Å². The van der Waals surface area contributed by atoms with E-state index < -0.39 is 48.5 Å². The molecule has 168 valence electrons. The van der Waals surface area contributed by atoms with Crippen molar-refractivity contribution >= 4 is 57.2 Å². The molecule has 1 saturated heterocycles. The molecule has 1 fully saturated rings. The maximum absolute atomic E-state index is 11.8. The zero-order chi connectivity index (χ0) is 22.3. The Morgan fingerprint density at radius 1 is 1.23 bits per heavy atom. The van der Waals surface area contributed by atoms with Crippen LogP contribution in [-0.4, -0.2) is 53.0 Å². The van der Waals surface area contributed by atoms with Crippen molar-refractivity contribution in [3.05, 3.63) is 22.4 Å². The number of hydrogen-bond acceptors (Lipinski definition) is 11. The third-order valence-corrected chi connectivity index (χ3v) is 8.94. The van der Waals surface area contributed by atoms with Crippen molar-refractivity contribution in [2.24, 2.45) is 0 Å². The van der Waals surface area contributed by atoms with Crippen LogP contribution in [-0.2, 0) is 31.6 Å². The molecule has 3 rings (SSSR count). The number of nitrogens with zero attached hydrogens (tertiary/aromatic N) is 2. The summed E-state index contributed by atoms with van der Waals surface area (Å²) < 4.78 is 53.8. The molecule has 5 atom stereocenters. The van der Waals surface area contributed by atoms with Crippen LogP contribution < -0.4 is 0 Å². The maximum atomic E-state index is 11.8. The highest BCUT2D eigenvalue weighted by Gasteiger charge is 2.42. The minimum absolute atomic E-state index is 0.0586. The molecule has 5 N–H and O–H groups in total. The molecule has 0 spiro atoms. The Balaban J connectivity index is 1.64. The van der Waals surface area contributed by atoms with Gasteiger partial charge in [-0.15, -0.1) is 11.3 Å². The monoisotopic (exact) mass is 524 g/mol. The molecule has 19 heteroatoms. The van der Waals surface area contributed by atoms with Crippen LogP contribution in [0.3, 0.4) is 0 Å². The highest BCUT2D eigenvalue weighted by atomic mass is 32.1. The molecule has 14 nitrogen and oxygen atoms in total. The molecule has 3 heterocycles. The van der Waals surface area contributed by atoms with Gasteiger partial charge in [-0.25, -0.2) is 18.7 Å². The number of hydrogen-bond donors (Lipinski definition) is 5. The lowest BCUT2D eigenvalue weighted by molar-refractivity contribution is -0.0438. The Morgan fingerprint density at radius 2 is 1.93 bits per heavy atom. The smallest absolute Gasteiger partial charge is 0.390 e. The minimum Gasteiger partial charge on any atom is -0.390 e. The Labute approximate surface area is 177 Å². The van der Waals surface area contributed by atoms with Crippen molar-refractivity contribution in [2.45, 2.75) is 24.9 Å².